The number of carbonyl (C=O) groups is 1. The normalized spacial score (nSPS) is 30.6. The molecule has 0 bridgehead atoms. The van der Waals surface area contributed by atoms with E-state index in [1.54, 1.807) is 0 Å². The monoisotopic (exact) mass is 251 g/mol. The van der Waals surface area contributed by atoms with E-state index in [9.17, 15) is 4.79 Å². The number of nitrogens with zero attached hydrogens (tertiary/aromatic N) is 1. The molecule has 18 heavy (non-hydrogen) atoms. The number of hydrogen-bond acceptors (Lipinski definition) is 2. The van der Waals surface area contributed by atoms with Crippen molar-refractivity contribution >= 4 is 5.78 Å². The zero-order valence-corrected chi connectivity index (χ0v) is 12.0. The molecule has 2 heteroatoms. The van der Waals surface area contributed by atoms with Crippen LogP contribution in [0.4, 0.5) is 0 Å². The SMILES string of the molecule is CCCCCN1CCCCC1C1CCCCC1=O. The molecule has 1 saturated heterocycles. The fourth-order valence-electron chi connectivity index (χ4n) is 3.73. The minimum atomic E-state index is 0.376. The number of likely N-dealkylation sites (tertiary alicyclic amines) is 1. The van der Waals surface area contributed by atoms with Gasteiger partial charge >= 0.3 is 0 Å². The van der Waals surface area contributed by atoms with Crippen molar-refractivity contribution in [2.24, 2.45) is 5.92 Å². The molecule has 2 nitrogen and oxygen atoms in total. The maximum absolute atomic E-state index is 12.1. The third-order valence-corrected chi connectivity index (χ3v) is 4.78. The van der Waals surface area contributed by atoms with E-state index in [-0.39, 0.29) is 0 Å². The number of carbonyl (C=O) groups excluding carboxylic acids is 1. The smallest absolute Gasteiger partial charge is 0.137 e. The Morgan fingerprint density at radius 3 is 2.72 bits per heavy atom. The summed E-state index contributed by atoms with van der Waals surface area (Å²) in [4.78, 5) is 14.8. The predicted molar refractivity (Wildman–Crippen MR) is 75.7 cm³/mol. The van der Waals surface area contributed by atoms with E-state index in [4.69, 9.17) is 0 Å². The highest BCUT2D eigenvalue weighted by molar-refractivity contribution is 5.82. The summed E-state index contributed by atoms with van der Waals surface area (Å²) < 4.78 is 0. The van der Waals surface area contributed by atoms with E-state index in [1.807, 2.05) is 0 Å². The Balaban J connectivity index is 1.91. The molecule has 2 fully saturated rings. The largest absolute Gasteiger partial charge is 0.300 e. The number of rotatable bonds is 5. The minimum absolute atomic E-state index is 0.376. The molecule has 0 aromatic carbocycles. The first-order valence-corrected chi connectivity index (χ1v) is 8.09. The van der Waals surface area contributed by atoms with Crippen molar-refractivity contribution in [1.29, 1.82) is 0 Å². The standard InChI is InChI=1S/C16H29NO/c1-2-3-7-12-17-13-8-6-10-15(17)14-9-4-5-11-16(14)18/h14-15H,2-13H2,1H3. The van der Waals surface area contributed by atoms with Gasteiger partial charge in [-0.05, 0) is 45.2 Å². The molecule has 2 aliphatic rings. The van der Waals surface area contributed by atoms with E-state index < -0.39 is 0 Å². The lowest BCUT2D eigenvalue weighted by Gasteiger charge is -2.41. The van der Waals surface area contributed by atoms with Crippen LogP contribution in [0.3, 0.4) is 0 Å². The lowest BCUT2D eigenvalue weighted by molar-refractivity contribution is -0.127. The second-order valence-electron chi connectivity index (χ2n) is 6.12. The fourth-order valence-corrected chi connectivity index (χ4v) is 3.73. The lowest BCUT2D eigenvalue weighted by Crippen LogP contribution is -2.47. The van der Waals surface area contributed by atoms with Gasteiger partial charge in [-0.1, -0.05) is 32.6 Å². The Morgan fingerprint density at radius 2 is 1.94 bits per heavy atom. The molecular formula is C16H29NO. The number of hydrogen-bond donors (Lipinski definition) is 0. The number of piperidine rings is 1. The van der Waals surface area contributed by atoms with Gasteiger partial charge < -0.3 is 0 Å². The molecular weight excluding hydrogens is 222 g/mol. The first-order chi connectivity index (χ1) is 8.83. The molecule has 0 amide bonds. The molecule has 0 aromatic heterocycles. The van der Waals surface area contributed by atoms with Gasteiger partial charge in [0.05, 0.1) is 0 Å². The molecule has 1 aliphatic carbocycles. The van der Waals surface area contributed by atoms with Gasteiger partial charge in [-0.3, -0.25) is 9.69 Å². The van der Waals surface area contributed by atoms with Crippen molar-refractivity contribution in [3.8, 4) is 0 Å². The van der Waals surface area contributed by atoms with E-state index in [1.165, 1.54) is 58.0 Å². The molecule has 0 N–H and O–H groups in total. The van der Waals surface area contributed by atoms with Crippen molar-refractivity contribution in [2.75, 3.05) is 13.1 Å². The quantitative estimate of drug-likeness (QED) is 0.693. The van der Waals surface area contributed by atoms with E-state index >= 15 is 0 Å². The van der Waals surface area contributed by atoms with Gasteiger partial charge in [0, 0.05) is 18.4 Å². The highest BCUT2D eigenvalue weighted by Crippen LogP contribution is 2.31. The molecule has 0 spiro atoms. The van der Waals surface area contributed by atoms with Gasteiger partial charge in [-0.25, -0.2) is 0 Å². The van der Waals surface area contributed by atoms with Crippen LogP contribution in [0.15, 0.2) is 0 Å². The van der Waals surface area contributed by atoms with Gasteiger partial charge in [0.1, 0.15) is 5.78 Å². The number of ketones is 1. The van der Waals surface area contributed by atoms with Crippen LogP contribution in [-0.2, 0) is 4.79 Å². The average molecular weight is 251 g/mol. The molecule has 0 aromatic rings. The second kappa shape index (κ2) is 7.28. The molecule has 2 atom stereocenters. The maximum Gasteiger partial charge on any atom is 0.137 e. The van der Waals surface area contributed by atoms with Crippen LogP contribution in [0, 0.1) is 5.92 Å². The van der Waals surface area contributed by atoms with Crippen LogP contribution in [0.25, 0.3) is 0 Å². The zero-order chi connectivity index (χ0) is 12.8. The molecule has 1 saturated carbocycles. The van der Waals surface area contributed by atoms with Gasteiger partial charge in [-0.2, -0.15) is 0 Å². The van der Waals surface area contributed by atoms with E-state index in [2.05, 4.69) is 11.8 Å². The van der Waals surface area contributed by atoms with Crippen LogP contribution >= 0.6 is 0 Å². The lowest BCUT2D eigenvalue weighted by atomic mass is 9.79. The van der Waals surface area contributed by atoms with E-state index in [0.29, 0.717) is 17.7 Å². The van der Waals surface area contributed by atoms with Crippen LogP contribution < -0.4 is 0 Å². The van der Waals surface area contributed by atoms with Crippen molar-refractivity contribution in [2.45, 2.75) is 77.2 Å². The third kappa shape index (κ3) is 3.57. The Labute approximate surface area is 112 Å². The van der Waals surface area contributed by atoms with E-state index in [0.717, 1.165) is 19.3 Å². The maximum atomic E-state index is 12.1. The van der Waals surface area contributed by atoms with Gasteiger partial charge in [0.15, 0.2) is 0 Å². The van der Waals surface area contributed by atoms with Crippen molar-refractivity contribution in [3.63, 3.8) is 0 Å². The van der Waals surface area contributed by atoms with Crippen molar-refractivity contribution < 1.29 is 4.79 Å². The Kier molecular flexibility index (Phi) is 5.68. The summed E-state index contributed by atoms with van der Waals surface area (Å²) in [7, 11) is 0. The average Bonchev–Trinajstić information content (AvgIpc) is 2.40. The molecule has 0 radical (unpaired) electrons. The van der Waals surface area contributed by atoms with Crippen LogP contribution in [0.5, 0.6) is 0 Å². The summed E-state index contributed by atoms with van der Waals surface area (Å²) in [6.07, 6.45) is 12.3. The Hall–Kier alpha value is -0.370. The fraction of sp³-hybridized carbons (Fsp3) is 0.938. The van der Waals surface area contributed by atoms with Crippen LogP contribution in [0.2, 0.25) is 0 Å². The second-order valence-corrected chi connectivity index (χ2v) is 6.12. The minimum Gasteiger partial charge on any atom is -0.300 e. The van der Waals surface area contributed by atoms with Crippen LogP contribution in [-0.4, -0.2) is 29.8 Å². The van der Waals surface area contributed by atoms with Crippen LogP contribution in [0.1, 0.15) is 71.1 Å². The molecule has 2 rings (SSSR count). The molecule has 1 heterocycles. The highest BCUT2D eigenvalue weighted by atomic mass is 16.1. The summed E-state index contributed by atoms with van der Waals surface area (Å²) in [5, 5.41) is 0. The zero-order valence-electron chi connectivity index (χ0n) is 12.0. The molecule has 2 unspecified atom stereocenters. The van der Waals surface area contributed by atoms with Gasteiger partial charge in [0.25, 0.3) is 0 Å². The van der Waals surface area contributed by atoms with Gasteiger partial charge in [-0.15, -0.1) is 0 Å². The summed E-state index contributed by atoms with van der Waals surface area (Å²) in [5.41, 5.74) is 0. The summed E-state index contributed by atoms with van der Waals surface area (Å²) in [6.45, 7) is 4.72. The molecule has 1 aliphatic heterocycles. The third-order valence-electron chi connectivity index (χ3n) is 4.78. The summed E-state index contributed by atoms with van der Waals surface area (Å²) in [5.74, 6) is 0.939. The first kappa shape index (κ1) is 14.0. The number of Topliss-reactive ketones (excluding diaryl/α,β-unsaturated/α-hetero) is 1. The van der Waals surface area contributed by atoms with Crippen molar-refractivity contribution in [1.82, 2.24) is 4.90 Å². The number of unbranched alkanes of at least 4 members (excludes halogenated alkanes) is 2. The first-order valence-electron chi connectivity index (χ1n) is 8.09. The predicted octanol–water partition coefficient (Wildman–Crippen LogP) is 3.79. The summed E-state index contributed by atoms with van der Waals surface area (Å²) in [6, 6.07) is 0.586. The van der Waals surface area contributed by atoms with Crippen molar-refractivity contribution in [3.05, 3.63) is 0 Å². The topological polar surface area (TPSA) is 20.3 Å². The highest BCUT2D eigenvalue weighted by Gasteiger charge is 2.34. The van der Waals surface area contributed by atoms with Gasteiger partial charge in [0.2, 0.25) is 0 Å². The Morgan fingerprint density at radius 1 is 1.11 bits per heavy atom. The Bertz CT molecular complexity index is 264. The molecule has 104 valence electrons. The summed E-state index contributed by atoms with van der Waals surface area (Å²) >= 11 is 0.